The van der Waals surface area contributed by atoms with Crippen LogP contribution >= 0.6 is 0 Å². The minimum absolute atomic E-state index is 0.460. The van der Waals surface area contributed by atoms with Gasteiger partial charge < -0.3 is 4.74 Å². The lowest BCUT2D eigenvalue weighted by Gasteiger charge is -2.05. The minimum atomic E-state index is 0.460. The van der Waals surface area contributed by atoms with Crippen molar-refractivity contribution in [1.82, 2.24) is 4.98 Å². The van der Waals surface area contributed by atoms with E-state index in [2.05, 4.69) is 11.1 Å². The van der Waals surface area contributed by atoms with Gasteiger partial charge in [-0.25, -0.2) is 4.98 Å². The highest BCUT2D eigenvalue weighted by atomic mass is 16.5. The number of ether oxygens (including phenoxy) is 1. The topological polar surface area (TPSA) is 45.9 Å². The Morgan fingerprint density at radius 1 is 1.18 bits per heavy atom. The zero-order valence-electron chi connectivity index (χ0n) is 9.55. The summed E-state index contributed by atoms with van der Waals surface area (Å²) in [6.07, 6.45) is 1.77. The molecule has 0 aliphatic rings. The van der Waals surface area contributed by atoms with Gasteiger partial charge >= 0.3 is 0 Å². The van der Waals surface area contributed by atoms with Crippen molar-refractivity contribution in [3.05, 3.63) is 59.3 Å². The number of benzene rings is 1. The van der Waals surface area contributed by atoms with Crippen LogP contribution < -0.4 is 4.74 Å². The van der Waals surface area contributed by atoms with Gasteiger partial charge in [0.1, 0.15) is 6.61 Å². The smallest absolute Gasteiger partial charge is 0.213 e. The molecule has 1 aromatic carbocycles. The van der Waals surface area contributed by atoms with Gasteiger partial charge in [0.15, 0.2) is 0 Å². The highest BCUT2D eigenvalue weighted by molar-refractivity contribution is 5.31. The normalized spacial score (nSPS) is 9.65. The van der Waals surface area contributed by atoms with Crippen molar-refractivity contribution >= 4 is 0 Å². The lowest BCUT2D eigenvalue weighted by atomic mass is 10.2. The molecule has 0 spiro atoms. The van der Waals surface area contributed by atoms with Crippen molar-refractivity contribution in [3.63, 3.8) is 0 Å². The third-order valence-electron chi connectivity index (χ3n) is 2.35. The van der Waals surface area contributed by atoms with Crippen molar-refractivity contribution in [3.8, 4) is 11.9 Å². The largest absolute Gasteiger partial charge is 0.473 e. The molecule has 0 aliphatic carbocycles. The molecule has 0 saturated heterocycles. The number of aryl methyl sites for hydroxylation is 1. The van der Waals surface area contributed by atoms with E-state index in [0.29, 0.717) is 18.1 Å². The molecule has 0 unspecified atom stereocenters. The van der Waals surface area contributed by atoms with Gasteiger partial charge in [-0.15, -0.1) is 0 Å². The Bertz CT molecular complexity index is 524. The molecule has 0 aliphatic heterocycles. The molecule has 1 heterocycles. The summed E-state index contributed by atoms with van der Waals surface area (Å²) in [6.45, 7) is 2.44. The molecular formula is C14H12N2O. The van der Waals surface area contributed by atoms with Crippen LogP contribution in [0, 0.1) is 18.3 Å². The van der Waals surface area contributed by atoms with E-state index in [1.807, 2.05) is 31.2 Å². The monoisotopic (exact) mass is 224 g/mol. The summed E-state index contributed by atoms with van der Waals surface area (Å²) >= 11 is 0. The molecule has 0 bridgehead atoms. The van der Waals surface area contributed by atoms with Gasteiger partial charge in [0.05, 0.1) is 11.6 Å². The molecule has 17 heavy (non-hydrogen) atoms. The van der Waals surface area contributed by atoms with Crippen molar-refractivity contribution < 1.29 is 4.74 Å². The van der Waals surface area contributed by atoms with E-state index in [9.17, 15) is 0 Å². The quantitative estimate of drug-likeness (QED) is 0.805. The van der Waals surface area contributed by atoms with Gasteiger partial charge in [0.2, 0.25) is 5.88 Å². The Morgan fingerprint density at radius 2 is 1.94 bits per heavy atom. The molecule has 0 fully saturated rings. The Morgan fingerprint density at radius 3 is 2.53 bits per heavy atom. The molecule has 3 nitrogen and oxygen atoms in total. The van der Waals surface area contributed by atoms with Gasteiger partial charge in [0.25, 0.3) is 0 Å². The number of hydrogen-bond donors (Lipinski definition) is 0. The maximum Gasteiger partial charge on any atom is 0.213 e. The van der Waals surface area contributed by atoms with Crippen LogP contribution in [0.15, 0.2) is 42.6 Å². The fraction of sp³-hybridized carbons (Fsp3) is 0.143. The van der Waals surface area contributed by atoms with Crippen molar-refractivity contribution in [1.29, 1.82) is 5.26 Å². The number of pyridine rings is 1. The van der Waals surface area contributed by atoms with E-state index >= 15 is 0 Å². The third kappa shape index (κ3) is 3.05. The van der Waals surface area contributed by atoms with Gasteiger partial charge in [-0.1, -0.05) is 18.2 Å². The number of nitriles is 1. The Labute approximate surface area is 100 Å². The van der Waals surface area contributed by atoms with Crippen LogP contribution in [0.2, 0.25) is 0 Å². The summed E-state index contributed by atoms with van der Waals surface area (Å²) < 4.78 is 5.53. The second kappa shape index (κ2) is 5.13. The SMILES string of the molecule is Cc1ccc(OCc2ccc(C#N)cc2)nc1. The van der Waals surface area contributed by atoms with Crippen LogP contribution in [-0.4, -0.2) is 4.98 Å². The summed E-state index contributed by atoms with van der Waals surface area (Å²) in [7, 11) is 0. The van der Waals surface area contributed by atoms with Gasteiger partial charge in [0, 0.05) is 12.3 Å². The van der Waals surface area contributed by atoms with Crippen LogP contribution in [-0.2, 0) is 6.61 Å². The average molecular weight is 224 g/mol. The first-order chi connectivity index (χ1) is 8.28. The molecule has 2 aromatic rings. The van der Waals surface area contributed by atoms with Crippen LogP contribution in [0.5, 0.6) is 5.88 Å². The van der Waals surface area contributed by atoms with E-state index in [1.54, 1.807) is 18.3 Å². The molecule has 0 atom stereocenters. The van der Waals surface area contributed by atoms with E-state index in [4.69, 9.17) is 10.00 Å². The molecule has 84 valence electrons. The Hall–Kier alpha value is -2.34. The maximum absolute atomic E-state index is 8.67. The predicted molar refractivity (Wildman–Crippen MR) is 64.5 cm³/mol. The zero-order chi connectivity index (χ0) is 12.1. The highest BCUT2D eigenvalue weighted by Gasteiger charge is 1.97. The molecule has 3 heteroatoms. The fourth-order valence-electron chi connectivity index (χ4n) is 1.37. The molecule has 1 aromatic heterocycles. The second-order valence-corrected chi connectivity index (χ2v) is 3.77. The van der Waals surface area contributed by atoms with E-state index < -0.39 is 0 Å². The third-order valence-corrected chi connectivity index (χ3v) is 2.35. The molecule has 2 rings (SSSR count). The Balaban J connectivity index is 1.98. The average Bonchev–Trinajstić information content (AvgIpc) is 2.39. The van der Waals surface area contributed by atoms with Gasteiger partial charge in [-0.05, 0) is 30.2 Å². The zero-order valence-corrected chi connectivity index (χ0v) is 9.55. The number of aromatic nitrogens is 1. The van der Waals surface area contributed by atoms with Crippen molar-refractivity contribution in [2.45, 2.75) is 13.5 Å². The number of rotatable bonds is 3. The van der Waals surface area contributed by atoms with Crippen LogP contribution in [0.25, 0.3) is 0 Å². The van der Waals surface area contributed by atoms with E-state index in [-0.39, 0.29) is 0 Å². The summed E-state index contributed by atoms with van der Waals surface area (Å²) in [4.78, 5) is 4.15. The summed E-state index contributed by atoms with van der Waals surface area (Å²) in [5.74, 6) is 0.611. The maximum atomic E-state index is 8.67. The van der Waals surface area contributed by atoms with E-state index in [0.717, 1.165) is 11.1 Å². The first-order valence-corrected chi connectivity index (χ1v) is 5.32. The van der Waals surface area contributed by atoms with Crippen LogP contribution in [0.4, 0.5) is 0 Å². The molecule has 0 radical (unpaired) electrons. The fourth-order valence-corrected chi connectivity index (χ4v) is 1.37. The Kier molecular flexibility index (Phi) is 3.37. The predicted octanol–water partition coefficient (Wildman–Crippen LogP) is 2.84. The first-order valence-electron chi connectivity index (χ1n) is 5.32. The number of hydrogen-bond acceptors (Lipinski definition) is 3. The lowest BCUT2D eigenvalue weighted by Crippen LogP contribution is -1.97. The van der Waals surface area contributed by atoms with Crippen molar-refractivity contribution in [2.24, 2.45) is 0 Å². The van der Waals surface area contributed by atoms with Gasteiger partial charge in [-0.3, -0.25) is 0 Å². The molecule has 0 N–H and O–H groups in total. The van der Waals surface area contributed by atoms with E-state index in [1.165, 1.54) is 0 Å². The number of nitrogens with zero attached hydrogens (tertiary/aromatic N) is 2. The van der Waals surface area contributed by atoms with Crippen LogP contribution in [0.1, 0.15) is 16.7 Å². The highest BCUT2D eigenvalue weighted by Crippen LogP contribution is 2.10. The second-order valence-electron chi connectivity index (χ2n) is 3.77. The lowest BCUT2D eigenvalue weighted by molar-refractivity contribution is 0.294. The standard InChI is InChI=1S/C14H12N2O/c1-11-2-7-14(16-9-11)17-10-13-5-3-12(8-15)4-6-13/h2-7,9H,10H2,1H3. The summed E-state index contributed by atoms with van der Waals surface area (Å²) in [6, 6.07) is 13.2. The molecular weight excluding hydrogens is 212 g/mol. The van der Waals surface area contributed by atoms with Crippen LogP contribution in [0.3, 0.4) is 0 Å². The minimum Gasteiger partial charge on any atom is -0.473 e. The molecule has 0 saturated carbocycles. The summed E-state index contributed by atoms with van der Waals surface area (Å²) in [5.41, 5.74) is 2.78. The molecule has 0 amide bonds. The van der Waals surface area contributed by atoms with Gasteiger partial charge in [-0.2, -0.15) is 5.26 Å². The summed E-state index contributed by atoms with van der Waals surface area (Å²) in [5, 5.41) is 8.67. The first kappa shape index (κ1) is 11.2. The van der Waals surface area contributed by atoms with Crippen molar-refractivity contribution in [2.75, 3.05) is 0 Å².